The predicted molar refractivity (Wildman–Crippen MR) is 89.1 cm³/mol. The first-order valence-electron chi connectivity index (χ1n) is 7.37. The van der Waals surface area contributed by atoms with Gasteiger partial charge in [0.25, 0.3) is 0 Å². The van der Waals surface area contributed by atoms with E-state index < -0.39 is 0 Å². The highest BCUT2D eigenvalue weighted by atomic mass is 79.9. The molecule has 1 saturated heterocycles. The summed E-state index contributed by atoms with van der Waals surface area (Å²) >= 11 is 5.32. The van der Waals surface area contributed by atoms with Crippen LogP contribution in [0.4, 0.5) is 5.69 Å². The molecule has 0 unspecified atom stereocenters. The molecule has 1 spiro atoms. The fourth-order valence-corrected chi connectivity index (χ4v) is 5.07. The Morgan fingerprint density at radius 1 is 1.30 bits per heavy atom. The zero-order valence-electron chi connectivity index (χ0n) is 11.8. The maximum absolute atomic E-state index is 12.4. The highest BCUT2D eigenvalue weighted by Crippen LogP contribution is 2.50. The lowest BCUT2D eigenvalue weighted by Crippen LogP contribution is -2.47. The molecule has 0 N–H and O–H groups in total. The Labute approximate surface area is 133 Å². The monoisotopic (exact) mass is 353 g/mol. The van der Waals surface area contributed by atoms with E-state index in [4.69, 9.17) is 0 Å². The van der Waals surface area contributed by atoms with E-state index in [9.17, 15) is 4.79 Å². The molecular formula is C16H20BrNOS. The number of halogens is 1. The molecule has 20 heavy (non-hydrogen) atoms. The van der Waals surface area contributed by atoms with Crippen molar-refractivity contribution in [2.24, 2.45) is 5.92 Å². The van der Waals surface area contributed by atoms with E-state index in [2.05, 4.69) is 39.9 Å². The van der Waals surface area contributed by atoms with Gasteiger partial charge in [-0.15, -0.1) is 11.8 Å². The van der Waals surface area contributed by atoms with Crippen LogP contribution in [0.1, 0.15) is 39.0 Å². The van der Waals surface area contributed by atoms with Crippen molar-refractivity contribution in [3.63, 3.8) is 0 Å². The normalized spacial score (nSPS) is 30.2. The minimum Gasteiger partial charge on any atom is -0.297 e. The molecule has 108 valence electrons. The van der Waals surface area contributed by atoms with Crippen molar-refractivity contribution in [3.8, 4) is 0 Å². The number of hydrogen-bond donors (Lipinski definition) is 0. The molecule has 3 rings (SSSR count). The summed E-state index contributed by atoms with van der Waals surface area (Å²) in [5, 5.41) is 0. The van der Waals surface area contributed by atoms with Gasteiger partial charge >= 0.3 is 0 Å². The highest BCUT2D eigenvalue weighted by molar-refractivity contribution is 9.10. The number of hydrogen-bond acceptors (Lipinski definition) is 2. The fourth-order valence-electron chi connectivity index (χ4n) is 3.43. The smallest absolute Gasteiger partial charge is 0.238 e. The van der Waals surface area contributed by atoms with Gasteiger partial charge in [0.1, 0.15) is 0 Å². The minimum absolute atomic E-state index is 0.0244. The average molecular weight is 354 g/mol. The van der Waals surface area contributed by atoms with Crippen LogP contribution in [0.15, 0.2) is 28.7 Å². The topological polar surface area (TPSA) is 20.3 Å². The van der Waals surface area contributed by atoms with Crippen LogP contribution in [-0.4, -0.2) is 16.5 Å². The summed E-state index contributed by atoms with van der Waals surface area (Å²) in [6.45, 7) is 2.28. The van der Waals surface area contributed by atoms with Crippen molar-refractivity contribution < 1.29 is 4.79 Å². The number of carbonyl (C=O) groups is 1. The zero-order chi connectivity index (χ0) is 14.2. The van der Waals surface area contributed by atoms with Crippen LogP contribution in [0.2, 0.25) is 0 Å². The van der Waals surface area contributed by atoms with Crippen LogP contribution in [0.3, 0.4) is 0 Å². The SMILES string of the molecule is CCC1CCC2(CC1)SCC(=O)N2c1ccc(Br)cc1. The van der Waals surface area contributed by atoms with E-state index in [0.717, 1.165) is 28.9 Å². The second kappa shape index (κ2) is 5.72. The summed E-state index contributed by atoms with van der Waals surface area (Å²) in [7, 11) is 0. The maximum Gasteiger partial charge on any atom is 0.238 e. The quantitative estimate of drug-likeness (QED) is 0.759. The maximum atomic E-state index is 12.4. The third-order valence-corrected chi connectivity index (χ3v) is 6.72. The van der Waals surface area contributed by atoms with Gasteiger partial charge in [-0.05, 0) is 55.9 Å². The van der Waals surface area contributed by atoms with E-state index >= 15 is 0 Å². The van der Waals surface area contributed by atoms with Crippen molar-refractivity contribution in [1.82, 2.24) is 0 Å². The molecule has 1 amide bonds. The summed E-state index contributed by atoms with van der Waals surface area (Å²) in [6.07, 6.45) is 6.05. The molecule has 1 heterocycles. The molecule has 1 aliphatic carbocycles. The molecule has 2 fully saturated rings. The van der Waals surface area contributed by atoms with Gasteiger partial charge in [0.15, 0.2) is 0 Å². The number of amides is 1. The molecule has 1 aromatic carbocycles. The largest absolute Gasteiger partial charge is 0.297 e. The number of thioether (sulfide) groups is 1. The van der Waals surface area contributed by atoms with Gasteiger partial charge < -0.3 is 0 Å². The molecule has 0 bridgehead atoms. The van der Waals surface area contributed by atoms with Crippen molar-refractivity contribution in [1.29, 1.82) is 0 Å². The Bertz CT molecular complexity index is 494. The fraction of sp³-hybridized carbons (Fsp3) is 0.562. The summed E-state index contributed by atoms with van der Waals surface area (Å²) in [5.74, 6) is 1.75. The molecule has 4 heteroatoms. The molecule has 0 aromatic heterocycles. The second-order valence-electron chi connectivity index (χ2n) is 5.79. The third kappa shape index (κ3) is 2.52. The summed E-state index contributed by atoms with van der Waals surface area (Å²) in [4.78, 5) is 14.5. The molecule has 0 atom stereocenters. The molecule has 1 aromatic rings. The van der Waals surface area contributed by atoms with Gasteiger partial charge in [-0.2, -0.15) is 0 Å². The first-order chi connectivity index (χ1) is 9.64. The van der Waals surface area contributed by atoms with Gasteiger partial charge in [-0.1, -0.05) is 29.3 Å². The van der Waals surface area contributed by atoms with E-state index in [-0.39, 0.29) is 10.8 Å². The summed E-state index contributed by atoms with van der Waals surface area (Å²) in [6, 6.07) is 8.16. The standard InChI is InChI=1S/C16H20BrNOS/c1-2-12-7-9-16(10-8-12)18(15(19)11-20-16)14-5-3-13(17)4-6-14/h3-6,12H,2,7-11H2,1H3. The molecule has 0 radical (unpaired) electrons. The van der Waals surface area contributed by atoms with Gasteiger partial charge in [0.05, 0.1) is 10.6 Å². The van der Waals surface area contributed by atoms with Crippen LogP contribution in [0.25, 0.3) is 0 Å². The highest BCUT2D eigenvalue weighted by Gasteiger charge is 2.48. The number of nitrogens with zero attached hydrogens (tertiary/aromatic N) is 1. The van der Waals surface area contributed by atoms with E-state index in [0.29, 0.717) is 5.75 Å². The Morgan fingerprint density at radius 2 is 1.95 bits per heavy atom. The van der Waals surface area contributed by atoms with E-state index in [1.165, 1.54) is 19.3 Å². The van der Waals surface area contributed by atoms with E-state index in [1.54, 1.807) is 0 Å². The van der Waals surface area contributed by atoms with Gasteiger partial charge in [-0.25, -0.2) is 0 Å². The molecular weight excluding hydrogens is 334 g/mol. The lowest BCUT2D eigenvalue weighted by Gasteiger charge is -2.42. The minimum atomic E-state index is 0.0244. The first-order valence-corrected chi connectivity index (χ1v) is 9.15. The number of benzene rings is 1. The van der Waals surface area contributed by atoms with Crippen molar-refractivity contribution in [2.45, 2.75) is 43.9 Å². The second-order valence-corrected chi connectivity index (χ2v) is 8.05. The van der Waals surface area contributed by atoms with Crippen LogP contribution < -0.4 is 4.90 Å². The van der Waals surface area contributed by atoms with Crippen molar-refractivity contribution in [3.05, 3.63) is 28.7 Å². The van der Waals surface area contributed by atoms with E-state index in [1.807, 2.05) is 23.9 Å². The zero-order valence-corrected chi connectivity index (χ0v) is 14.2. The van der Waals surface area contributed by atoms with Crippen molar-refractivity contribution >= 4 is 39.3 Å². The Kier molecular flexibility index (Phi) is 4.14. The van der Waals surface area contributed by atoms with Crippen LogP contribution in [0, 0.1) is 5.92 Å². The Morgan fingerprint density at radius 3 is 2.55 bits per heavy atom. The van der Waals surface area contributed by atoms with Crippen molar-refractivity contribution in [2.75, 3.05) is 10.7 Å². The number of anilines is 1. The lowest BCUT2D eigenvalue weighted by atomic mass is 9.83. The van der Waals surface area contributed by atoms with Crippen LogP contribution >= 0.6 is 27.7 Å². The van der Waals surface area contributed by atoms with Crippen LogP contribution in [0.5, 0.6) is 0 Å². The predicted octanol–water partition coefficient (Wildman–Crippen LogP) is 4.83. The van der Waals surface area contributed by atoms with Crippen LogP contribution in [-0.2, 0) is 4.79 Å². The summed E-state index contributed by atoms with van der Waals surface area (Å²) in [5.41, 5.74) is 1.05. The molecule has 1 aliphatic heterocycles. The Hall–Kier alpha value is -0.480. The number of carbonyl (C=O) groups excluding carboxylic acids is 1. The first kappa shape index (κ1) is 14.5. The van der Waals surface area contributed by atoms with Gasteiger partial charge in [0.2, 0.25) is 5.91 Å². The lowest BCUT2D eigenvalue weighted by molar-refractivity contribution is -0.116. The number of rotatable bonds is 2. The third-order valence-electron chi connectivity index (χ3n) is 4.67. The van der Waals surface area contributed by atoms with Gasteiger partial charge in [-0.3, -0.25) is 9.69 Å². The van der Waals surface area contributed by atoms with Gasteiger partial charge in [0, 0.05) is 10.2 Å². The molecule has 1 saturated carbocycles. The molecule has 2 nitrogen and oxygen atoms in total. The average Bonchev–Trinajstić information content (AvgIpc) is 2.78. The summed E-state index contributed by atoms with van der Waals surface area (Å²) < 4.78 is 1.06. The Balaban J connectivity index is 1.87. The molecule has 2 aliphatic rings.